The van der Waals surface area contributed by atoms with E-state index in [0.717, 1.165) is 11.4 Å². The highest BCUT2D eigenvalue weighted by atomic mass is 35.5. The second kappa shape index (κ2) is 5.71. The molecule has 2 N–H and O–H groups in total. The number of nitrogen functional groups attached to an aromatic ring is 1. The van der Waals surface area contributed by atoms with Gasteiger partial charge in [-0.1, -0.05) is 0 Å². The van der Waals surface area contributed by atoms with Gasteiger partial charge >= 0.3 is 0 Å². The van der Waals surface area contributed by atoms with E-state index in [1.165, 1.54) is 0 Å². The normalized spacial score (nSPS) is 10.3. The van der Waals surface area contributed by atoms with Crippen LogP contribution in [0.5, 0.6) is 5.75 Å². The molecule has 0 bridgehead atoms. The summed E-state index contributed by atoms with van der Waals surface area (Å²) in [6.07, 6.45) is 0. The number of nitrogens with zero attached hydrogens (tertiary/aromatic N) is 4. The van der Waals surface area contributed by atoms with E-state index in [0.29, 0.717) is 12.5 Å². The van der Waals surface area contributed by atoms with E-state index in [2.05, 4.69) is 15.0 Å². The fourth-order valence-electron chi connectivity index (χ4n) is 1.68. The van der Waals surface area contributed by atoms with Crippen molar-refractivity contribution in [3.8, 4) is 5.75 Å². The number of aromatic nitrogens is 3. The van der Waals surface area contributed by atoms with Crippen LogP contribution in [0.25, 0.3) is 0 Å². The van der Waals surface area contributed by atoms with Crippen LogP contribution in [0.3, 0.4) is 0 Å². The van der Waals surface area contributed by atoms with E-state index >= 15 is 0 Å². The summed E-state index contributed by atoms with van der Waals surface area (Å²) in [6, 6.07) is 7.56. The van der Waals surface area contributed by atoms with Gasteiger partial charge < -0.3 is 15.4 Å². The van der Waals surface area contributed by atoms with Gasteiger partial charge in [-0.05, 0) is 42.8 Å². The summed E-state index contributed by atoms with van der Waals surface area (Å²) in [7, 11) is 1.62. The molecule has 0 saturated carbocycles. The summed E-state index contributed by atoms with van der Waals surface area (Å²) in [5, 5.41) is 0.0782. The van der Waals surface area contributed by atoms with E-state index in [1.54, 1.807) is 7.11 Å². The first-order valence-corrected chi connectivity index (χ1v) is 6.10. The molecule has 0 aliphatic heterocycles. The predicted octanol–water partition coefficient (Wildman–Crippen LogP) is 2.27. The molecule has 0 fully saturated rings. The van der Waals surface area contributed by atoms with Crippen molar-refractivity contribution in [2.75, 3.05) is 24.3 Å². The summed E-state index contributed by atoms with van der Waals surface area (Å²) in [6.45, 7) is 2.66. The lowest BCUT2D eigenvalue weighted by atomic mass is 10.3. The molecular weight excluding hydrogens is 266 g/mol. The summed E-state index contributed by atoms with van der Waals surface area (Å²) >= 11 is 5.80. The lowest BCUT2D eigenvalue weighted by Crippen LogP contribution is -2.19. The van der Waals surface area contributed by atoms with Crippen LogP contribution < -0.4 is 15.4 Å². The van der Waals surface area contributed by atoms with Crippen LogP contribution in [0.15, 0.2) is 24.3 Å². The number of hydrogen-bond acceptors (Lipinski definition) is 6. The fraction of sp³-hybridized carbons (Fsp3) is 0.250. The Morgan fingerprint density at radius 2 is 1.89 bits per heavy atom. The first-order valence-electron chi connectivity index (χ1n) is 5.72. The topological polar surface area (TPSA) is 77.2 Å². The minimum absolute atomic E-state index is 0.0782. The average Bonchev–Trinajstić information content (AvgIpc) is 2.39. The quantitative estimate of drug-likeness (QED) is 0.925. The van der Waals surface area contributed by atoms with Crippen LogP contribution >= 0.6 is 11.6 Å². The Bertz CT molecular complexity index is 540. The van der Waals surface area contributed by atoms with Gasteiger partial charge in [-0.25, -0.2) is 0 Å². The molecule has 2 rings (SSSR count). The summed E-state index contributed by atoms with van der Waals surface area (Å²) in [5.74, 6) is 1.31. The molecule has 1 heterocycles. The number of halogens is 1. The van der Waals surface area contributed by atoms with Gasteiger partial charge in [-0.3, -0.25) is 0 Å². The molecule has 100 valence electrons. The van der Waals surface area contributed by atoms with Gasteiger partial charge in [0.05, 0.1) is 7.11 Å². The highest BCUT2D eigenvalue weighted by molar-refractivity contribution is 6.28. The molecule has 2 aromatic rings. The highest BCUT2D eigenvalue weighted by Gasteiger charge is 2.12. The molecule has 7 heteroatoms. The minimum Gasteiger partial charge on any atom is -0.497 e. The molecule has 0 spiro atoms. The van der Waals surface area contributed by atoms with Crippen molar-refractivity contribution in [1.29, 1.82) is 0 Å². The number of anilines is 3. The van der Waals surface area contributed by atoms with Crippen molar-refractivity contribution < 1.29 is 4.74 Å². The number of hydrogen-bond donors (Lipinski definition) is 1. The second-order valence-electron chi connectivity index (χ2n) is 3.70. The van der Waals surface area contributed by atoms with Crippen molar-refractivity contribution in [3.63, 3.8) is 0 Å². The van der Waals surface area contributed by atoms with Gasteiger partial charge in [0.1, 0.15) is 5.75 Å². The van der Waals surface area contributed by atoms with Gasteiger partial charge in [0.15, 0.2) is 0 Å². The van der Waals surface area contributed by atoms with Gasteiger partial charge in [-0.15, -0.1) is 0 Å². The van der Waals surface area contributed by atoms with Gasteiger partial charge in [0, 0.05) is 12.2 Å². The first-order chi connectivity index (χ1) is 9.13. The molecule has 0 unspecified atom stereocenters. The number of methoxy groups -OCH3 is 1. The Balaban J connectivity index is 2.37. The zero-order chi connectivity index (χ0) is 13.8. The Morgan fingerprint density at radius 1 is 1.21 bits per heavy atom. The lowest BCUT2D eigenvalue weighted by Gasteiger charge is -2.21. The monoisotopic (exact) mass is 279 g/mol. The average molecular weight is 280 g/mol. The molecule has 0 amide bonds. The maximum absolute atomic E-state index is 5.80. The fourth-order valence-corrected chi connectivity index (χ4v) is 1.84. The van der Waals surface area contributed by atoms with Crippen molar-refractivity contribution in [1.82, 2.24) is 15.0 Å². The number of benzene rings is 1. The van der Waals surface area contributed by atoms with E-state index in [1.807, 2.05) is 36.1 Å². The van der Waals surface area contributed by atoms with Gasteiger partial charge in [0.2, 0.25) is 17.2 Å². The highest BCUT2D eigenvalue weighted by Crippen LogP contribution is 2.25. The summed E-state index contributed by atoms with van der Waals surface area (Å²) in [4.78, 5) is 13.8. The van der Waals surface area contributed by atoms with E-state index in [9.17, 15) is 0 Å². The van der Waals surface area contributed by atoms with Crippen LogP contribution in [0.2, 0.25) is 5.28 Å². The molecule has 19 heavy (non-hydrogen) atoms. The third-order valence-corrected chi connectivity index (χ3v) is 2.72. The lowest BCUT2D eigenvalue weighted by molar-refractivity contribution is 0.415. The smallest absolute Gasteiger partial charge is 0.236 e. The Kier molecular flexibility index (Phi) is 4.01. The molecule has 1 aromatic carbocycles. The maximum Gasteiger partial charge on any atom is 0.236 e. The number of nitrogens with two attached hydrogens (primary N) is 1. The van der Waals surface area contributed by atoms with Crippen LogP contribution in [-0.2, 0) is 0 Å². The Labute approximate surface area is 116 Å². The first kappa shape index (κ1) is 13.4. The molecule has 0 saturated heterocycles. The Hall–Kier alpha value is -2.08. The maximum atomic E-state index is 5.80. The molecule has 0 atom stereocenters. The zero-order valence-electron chi connectivity index (χ0n) is 10.7. The Morgan fingerprint density at radius 3 is 2.42 bits per heavy atom. The zero-order valence-corrected chi connectivity index (χ0v) is 11.4. The standard InChI is InChI=1S/C12H14ClN5O/c1-3-18(8-4-6-9(19-2)7-5-8)12-16-10(13)15-11(14)17-12/h4-7H,3H2,1-2H3,(H2,14,15,16,17). The summed E-state index contributed by atoms with van der Waals surface area (Å²) < 4.78 is 5.13. The van der Waals surface area contributed by atoms with E-state index in [4.69, 9.17) is 22.1 Å². The van der Waals surface area contributed by atoms with E-state index < -0.39 is 0 Å². The SMILES string of the molecule is CCN(c1ccc(OC)cc1)c1nc(N)nc(Cl)n1. The molecule has 0 aliphatic rings. The molecule has 0 aliphatic carbocycles. The number of rotatable bonds is 4. The predicted molar refractivity (Wildman–Crippen MR) is 74.9 cm³/mol. The van der Waals surface area contributed by atoms with E-state index in [-0.39, 0.29) is 11.2 Å². The molecule has 1 aromatic heterocycles. The largest absolute Gasteiger partial charge is 0.497 e. The van der Waals surface area contributed by atoms with Crippen molar-refractivity contribution in [2.24, 2.45) is 0 Å². The summed E-state index contributed by atoms with van der Waals surface area (Å²) in [5.41, 5.74) is 6.50. The number of ether oxygens (including phenoxy) is 1. The van der Waals surface area contributed by atoms with Crippen molar-refractivity contribution in [3.05, 3.63) is 29.5 Å². The van der Waals surface area contributed by atoms with Crippen molar-refractivity contribution >= 4 is 29.2 Å². The third-order valence-electron chi connectivity index (χ3n) is 2.56. The van der Waals surface area contributed by atoms with Crippen LogP contribution in [-0.4, -0.2) is 28.6 Å². The van der Waals surface area contributed by atoms with Gasteiger partial charge in [-0.2, -0.15) is 15.0 Å². The molecule has 6 nitrogen and oxygen atoms in total. The second-order valence-corrected chi connectivity index (χ2v) is 4.04. The molecular formula is C12H14ClN5O. The third kappa shape index (κ3) is 3.03. The minimum atomic E-state index is 0.0782. The van der Waals surface area contributed by atoms with Crippen LogP contribution in [0, 0.1) is 0 Å². The van der Waals surface area contributed by atoms with Crippen molar-refractivity contribution in [2.45, 2.75) is 6.92 Å². The van der Waals surface area contributed by atoms with Gasteiger partial charge in [0.25, 0.3) is 0 Å². The van der Waals surface area contributed by atoms with Crippen LogP contribution in [0.4, 0.5) is 17.6 Å². The molecule has 0 radical (unpaired) electrons. The van der Waals surface area contributed by atoms with Crippen LogP contribution in [0.1, 0.15) is 6.92 Å².